The van der Waals surface area contributed by atoms with E-state index < -0.39 is 10.0 Å². The molecule has 0 bridgehead atoms. The molecule has 2 aromatic rings. The van der Waals surface area contributed by atoms with Gasteiger partial charge in [-0.3, -0.25) is 4.79 Å². The van der Waals surface area contributed by atoms with Crippen LogP contribution < -0.4 is 0 Å². The zero-order chi connectivity index (χ0) is 21.7. The number of carbonyl (C=O) groups excluding carboxylic acids is 1. The van der Waals surface area contributed by atoms with Crippen molar-refractivity contribution in [3.63, 3.8) is 0 Å². The van der Waals surface area contributed by atoms with E-state index in [0.29, 0.717) is 37.0 Å². The van der Waals surface area contributed by atoms with Crippen LogP contribution in [0.3, 0.4) is 0 Å². The molecule has 0 N–H and O–H groups in total. The molecule has 0 aliphatic carbocycles. The number of benzene rings is 2. The number of piperidine rings is 1. The van der Waals surface area contributed by atoms with Crippen molar-refractivity contribution in [3.8, 4) is 6.07 Å². The molecule has 6 nitrogen and oxygen atoms in total. The molecule has 1 aliphatic heterocycles. The fraction of sp³-hybridized carbons (Fsp3) is 0.391. The lowest BCUT2D eigenvalue weighted by atomic mass is 9.94. The second-order valence-corrected chi connectivity index (χ2v) is 10.0. The second-order valence-electron chi connectivity index (χ2n) is 8.10. The maximum Gasteiger partial charge on any atom is 0.255 e. The molecular weight excluding hydrogens is 398 g/mol. The Labute approximate surface area is 178 Å². The number of carbonyl (C=O) groups is 1. The molecule has 1 amide bonds. The molecule has 1 saturated heterocycles. The first-order chi connectivity index (χ1) is 14.3. The molecule has 7 heteroatoms. The predicted octanol–water partition coefficient (Wildman–Crippen LogP) is 3.52. The molecule has 0 radical (unpaired) electrons. The van der Waals surface area contributed by atoms with Crippen molar-refractivity contribution >= 4 is 15.9 Å². The van der Waals surface area contributed by atoms with E-state index in [9.17, 15) is 13.2 Å². The topological polar surface area (TPSA) is 81.5 Å². The third-order valence-electron chi connectivity index (χ3n) is 5.34. The fourth-order valence-electron chi connectivity index (χ4n) is 3.99. The van der Waals surface area contributed by atoms with Gasteiger partial charge in [0.1, 0.15) is 6.54 Å². The number of nitriles is 1. The van der Waals surface area contributed by atoms with E-state index in [1.807, 2.05) is 36.4 Å². The second kappa shape index (κ2) is 9.41. The molecule has 2 aromatic carbocycles. The lowest BCUT2D eigenvalue weighted by Crippen LogP contribution is -2.42. The van der Waals surface area contributed by atoms with Gasteiger partial charge in [-0.25, -0.2) is 8.42 Å². The van der Waals surface area contributed by atoms with E-state index in [0.717, 1.165) is 12.0 Å². The van der Waals surface area contributed by atoms with E-state index in [4.69, 9.17) is 5.26 Å². The van der Waals surface area contributed by atoms with Crippen LogP contribution in [-0.2, 0) is 16.6 Å². The van der Waals surface area contributed by atoms with Gasteiger partial charge in [0.25, 0.3) is 5.91 Å². The monoisotopic (exact) mass is 425 g/mol. The Morgan fingerprint density at radius 3 is 2.23 bits per heavy atom. The molecule has 0 saturated carbocycles. The molecule has 158 valence electrons. The molecule has 30 heavy (non-hydrogen) atoms. The molecule has 0 aromatic heterocycles. The van der Waals surface area contributed by atoms with Crippen LogP contribution in [0.1, 0.15) is 36.2 Å². The van der Waals surface area contributed by atoms with E-state index in [2.05, 4.69) is 13.8 Å². The smallest absolute Gasteiger partial charge is 0.255 e. The van der Waals surface area contributed by atoms with Crippen LogP contribution in [0.4, 0.5) is 0 Å². The number of hydrogen-bond acceptors (Lipinski definition) is 4. The standard InChI is InChI=1S/C23H27N3O3S/c1-18-14-19(2)16-26(15-18)30(28,29)22-10-8-21(9-11-22)23(27)25(13-12-24)17-20-6-4-3-5-7-20/h3-11,18-19H,13-17H2,1-2H3. The Balaban J connectivity index is 1.78. The highest BCUT2D eigenvalue weighted by Gasteiger charge is 2.31. The zero-order valence-electron chi connectivity index (χ0n) is 17.4. The number of sulfonamides is 1. The maximum atomic E-state index is 13.0. The van der Waals surface area contributed by atoms with Crippen molar-refractivity contribution in [2.24, 2.45) is 11.8 Å². The number of nitrogens with zero attached hydrogens (tertiary/aromatic N) is 3. The van der Waals surface area contributed by atoms with Crippen LogP contribution in [0.5, 0.6) is 0 Å². The summed E-state index contributed by atoms with van der Waals surface area (Å²) < 4.78 is 27.6. The van der Waals surface area contributed by atoms with Crippen LogP contribution in [0.25, 0.3) is 0 Å². The summed E-state index contributed by atoms with van der Waals surface area (Å²) in [5, 5.41) is 9.12. The van der Waals surface area contributed by atoms with Gasteiger partial charge in [0.2, 0.25) is 10.0 Å². The zero-order valence-corrected chi connectivity index (χ0v) is 18.2. The SMILES string of the molecule is CC1CC(C)CN(S(=O)(=O)c2ccc(C(=O)N(CC#N)Cc3ccccc3)cc2)C1. The Morgan fingerprint density at radius 2 is 1.67 bits per heavy atom. The third-order valence-corrected chi connectivity index (χ3v) is 7.19. The van der Waals surface area contributed by atoms with Crippen molar-refractivity contribution in [1.82, 2.24) is 9.21 Å². The molecule has 2 unspecified atom stereocenters. The predicted molar refractivity (Wildman–Crippen MR) is 115 cm³/mol. The minimum Gasteiger partial charge on any atom is -0.321 e. The van der Waals surface area contributed by atoms with Gasteiger partial charge < -0.3 is 4.90 Å². The Morgan fingerprint density at radius 1 is 1.07 bits per heavy atom. The summed E-state index contributed by atoms with van der Waals surface area (Å²) >= 11 is 0. The first-order valence-corrected chi connectivity index (χ1v) is 11.6. The molecule has 1 heterocycles. The highest BCUT2D eigenvalue weighted by Crippen LogP contribution is 2.27. The molecule has 1 aliphatic rings. The molecule has 3 rings (SSSR count). The summed E-state index contributed by atoms with van der Waals surface area (Å²) in [6, 6.07) is 17.5. The third kappa shape index (κ3) is 5.07. The summed E-state index contributed by atoms with van der Waals surface area (Å²) in [5.41, 5.74) is 1.29. The first-order valence-electron chi connectivity index (χ1n) is 10.1. The summed E-state index contributed by atoms with van der Waals surface area (Å²) in [4.78, 5) is 14.5. The minimum atomic E-state index is -3.59. The largest absolute Gasteiger partial charge is 0.321 e. The number of amides is 1. The van der Waals surface area contributed by atoms with Gasteiger partial charge in [0.05, 0.1) is 11.0 Å². The fourth-order valence-corrected chi connectivity index (χ4v) is 5.67. The lowest BCUT2D eigenvalue weighted by molar-refractivity contribution is 0.0765. The number of hydrogen-bond donors (Lipinski definition) is 0. The maximum absolute atomic E-state index is 13.0. The van der Waals surface area contributed by atoms with Crippen molar-refractivity contribution in [2.75, 3.05) is 19.6 Å². The van der Waals surface area contributed by atoms with Gasteiger partial charge >= 0.3 is 0 Å². The van der Waals surface area contributed by atoms with Gasteiger partial charge in [-0.15, -0.1) is 0 Å². The quantitative estimate of drug-likeness (QED) is 0.663. The van der Waals surface area contributed by atoms with E-state index in [1.54, 1.807) is 4.31 Å². The van der Waals surface area contributed by atoms with E-state index in [1.165, 1.54) is 29.2 Å². The molecule has 0 spiro atoms. The van der Waals surface area contributed by atoms with Crippen molar-refractivity contribution in [1.29, 1.82) is 5.26 Å². The van der Waals surface area contributed by atoms with Crippen LogP contribution >= 0.6 is 0 Å². The Hall–Kier alpha value is -2.69. The molecule has 1 fully saturated rings. The van der Waals surface area contributed by atoms with Gasteiger partial charge in [0, 0.05) is 25.2 Å². The highest BCUT2D eigenvalue weighted by atomic mass is 32.2. The van der Waals surface area contributed by atoms with Gasteiger partial charge in [-0.2, -0.15) is 9.57 Å². The van der Waals surface area contributed by atoms with Crippen molar-refractivity contribution in [2.45, 2.75) is 31.7 Å². The normalized spacial score (nSPS) is 19.8. The van der Waals surface area contributed by atoms with Crippen LogP contribution in [0.15, 0.2) is 59.5 Å². The van der Waals surface area contributed by atoms with Crippen LogP contribution in [0.2, 0.25) is 0 Å². The summed E-state index contributed by atoms with van der Waals surface area (Å²) in [5.74, 6) is 0.341. The van der Waals surface area contributed by atoms with Crippen LogP contribution in [0, 0.1) is 23.2 Å². The lowest BCUT2D eigenvalue weighted by Gasteiger charge is -2.34. The average Bonchev–Trinajstić information content (AvgIpc) is 2.73. The van der Waals surface area contributed by atoms with E-state index >= 15 is 0 Å². The molecule has 2 atom stereocenters. The van der Waals surface area contributed by atoms with Crippen LogP contribution in [-0.4, -0.2) is 43.2 Å². The summed E-state index contributed by atoms with van der Waals surface area (Å²) in [6.45, 7) is 5.43. The Bertz CT molecular complexity index is 1000. The number of rotatable bonds is 6. The van der Waals surface area contributed by atoms with Gasteiger partial charge in [0.15, 0.2) is 0 Å². The first kappa shape index (κ1) is 22.0. The van der Waals surface area contributed by atoms with Gasteiger partial charge in [-0.05, 0) is 48.1 Å². The summed E-state index contributed by atoms with van der Waals surface area (Å²) in [7, 11) is -3.59. The Kier molecular flexibility index (Phi) is 6.91. The van der Waals surface area contributed by atoms with Crippen molar-refractivity contribution in [3.05, 3.63) is 65.7 Å². The average molecular weight is 426 g/mol. The molecular formula is C23H27N3O3S. The van der Waals surface area contributed by atoms with Gasteiger partial charge in [-0.1, -0.05) is 44.2 Å². The highest BCUT2D eigenvalue weighted by molar-refractivity contribution is 7.89. The minimum absolute atomic E-state index is 0.0443. The summed E-state index contributed by atoms with van der Waals surface area (Å²) in [6.07, 6.45) is 1.02. The van der Waals surface area contributed by atoms with Crippen molar-refractivity contribution < 1.29 is 13.2 Å². The van der Waals surface area contributed by atoms with E-state index in [-0.39, 0.29) is 17.3 Å².